The van der Waals surface area contributed by atoms with Crippen LogP contribution in [-0.4, -0.2) is 32.1 Å². The van der Waals surface area contributed by atoms with Gasteiger partial charge in [-0.1, -0.05) is 29.3 Å². The molecule has 1 unspecified atom stereocenters. The van der Waals surface area contributed by atoms with Crippen molar-refractivity contribution in [3.8, 4) is 0 Å². The van der Waals surface area contributed by atoms with Crippen molar-refractivity contribution in [1.82, 2.24) is 4.31 Å². The highest BCUT2D eigenvalue weighted by molar-refractivity contribution is 7.89. The summed E-state index contributed by atoms with van der Waals surface area (Å²) in [6.45, 7) is 4.57. The van der Waals surface area contributed by atoms with Gasteiger partial charge in [0.1, 0.15) is 6.29 Å². The number of hydrogen-bond acceptors (Lipinski definition) is 3. The average molecular weight is 293 g/mol. The fourth-order valence-electron chi connectivity index (χ4n) is 2.47. The average Bonchev–Trinajstić information content (AvgIpc) is 2.83. The Morgan fingerprint density at radius 2 is 1.95 bits per heavy atom. The van der Waals surface area contributed by atoms with Gasteiger partial charge >= 0.3 is 0 Å². The number of rotatable bonds is 4. The predicted molar refractivity (Wildman–Crippen MR) is 77.9 cm³/mol. The second-order valence-electron chi connectivity index (χ2n) is 5.07. The predicted octanol–water partition coefficient (Wildman–Crippen LogP) is 2.15. The van der Waals surface area contributed by atoms with Gasteiger partial charge in [0.2, 0.25) is 10.0 Å². The second kappa shape index (κ2) is 5.89. The Morgan fingerprint density at radius 1 is 1.30 bits per heavy atom. The molecule has 1 aliphatic rings. The Hall–Kier alpha value is -1.46. The molecule has 0 saturated carbocycles. The highest BCUT2D eigenvalue weighted by Gasteiger charge is 2.34. The van der Waals surface area contributed by atoms with Crippen LogP contribution in [0, 0.1) is 12.8 Å². The molecule has 20 heavy (non-hydrogen) atoms. The number of aryl methyl sites for hydroxylation is 1. The van der Waals surface area contributed by atoms with Gasteiger partial charge in [0.25, 0.3) is 0 Å². The molecule has 1 saturated heterocycles. The first kappa shape index (κ1) is 14.9. The van der Waals surface area contributed by atoms with Crippen LogP contribution in [0.25, 0.3) is 0 Å². The molecule has 0 N–H and O–H groups in total. The zero-order valence-corrected chi connectivity index (χ0v) is 12.6. The molecule has 4 nitrogen and oxygen atoms in total. The van der Waals surface area contributed by atoms with Crippen molar-refractivity contribution in [3.63, 3.8) is 0 Å². The van der Waals surface area contributed by atoms with Gasteiger partial charge in [0.15, 0.2) is 0 Å². The van der Waals surface area contributed by atoms with E-state index in [1.54, 1.807) is 24.3 Å². The SMILES string of the molecule is C/C=C1\CN(S(=O)(=O)c2ccc(C)cc2)CC1CC=O. The molecule has 0 bridgehead atoms. The molecule has 0 radical (unpaired) electrons. The van der Waals surface area contributed by atoms with Crippen molar-refractivity contribution in [2.45, 2.75) is 25.2 Å². The molecule has 0 aromatic heterocycles. The highest BCUT2D eigenvalue weighted by atomic mass is 32.2. The van der Waals surface area contributed by atoms with Gasteiger partial charge in [0.05, 0.1) is 4.90 Å². The maximum atomic E-state index is 12.6. The van der Waals surface area contributed by atoms with Gasteiger partial charge in [-0.2, -0.15) is 4.31 Å². The van der Waals surface area contributed by atoms with E-state index in [9.17, 15) is 13.2 Å². The van der Waals surface area contributed by atoms with Gasteiger partial charge in [-0.3, -0.25) is 0 Å². The van der Waals surface area contributed by atoms with Gasteiger partial charge in [0, 0.05) is 25.4 Å². The summed E-state index contributed by atoms with van der Waals surface area (Å²) in [5, 5.41) is 0. The van der Waals surface area contributed by atoms with E-state index in [-0.39, 0.29) is 5.92 Å². The molecule has 2 rings (SSSR count). The van der Waals surface area contributed by atoms with E-state index >= 15 is 0 Å². The maximum absolute atomic E-state index is 12.6. The minimum Gasteiger partial charge on any atom is -0.303 e. The number of carbonyl (C=O) groups excluding carboxylic acids is 1. The Balaban J connectivity index is 2.27. The normalized spacial score (nSPS) is 22.3. The van der Waals surface area contributed by atoms with Crippen molar-refractivity contribution in [2.24, 2.45) is 5.92 Å². The summed E-state index contributed by atoms with van der Waals surface area (Å²) >= 11 is 0. The zero-order valence-electron chi connectivity index (χ0n) is 11.7. The van der Waals surface area contributed by atoms with Crippen LogP contribution in [0.4, 0.5) is 0 Å². The number of allylic oxidation sites excluding steroid dienone is 1. The summed E-state index contributed by atoms with van der Waals surface area (Å²) in [5.74, 6) is 0.0118. The topological polar surface area (TPSA) is 54.5 Å². The van der Waals surface area contributed by atoms with E-state index in [1.165, 1.54) is 4.31 Å². The van der Waals surface area contributed by atoms with Gasteiger partial charge < -0.3 is 4.79 Å². The molecule has 1 heterocycles. The molecule has 108 valence electrons. The lowest BCUT2D eigenvalue weighted by atomic mass is 10.00. The van der Waals surface area contributed by atoms with E-state index in [0.29, 0.717) is 24.4 Å². The molecule has 1 aromatic carbocycles. The monoisotopic (exact) mass is 293 g/mol. The molecular weight excluding hydrogens is 274 g/mol. The largest absolute Gasteiger partial charge is 0.303 e. The van der Waals surface area contributed by atoms with Crippen LogP contribution in [0.15, 0.2) is 40.8 Å². The number of carbonyl (C=O) groups is 1. The summed E-state index contributed by atoms with van der Waals surface area (Å²) in [5.41, 5.74) is 2.05. The third-order valence-electron chi connectivity index (χ3n) is 3.72. The Labute approximate surface area is 120 Å². The number of nitrogens with zero attached hydrogens (tertiary/aromatic N) is 1. The molecule has 5 heteroatoms. The van der Waals surface area contributed by atoms with E-state index < -0.39 is 10.0 Å². The number of benzene rings is 1. The van der Waals surface area contributed by atoms with Crippen LogP contribution in [-0.2, 0) is 14.8 Å². The minimum absolute atomic E-state index is 0.0118. The van der Waals surface area contributed by atoms with Crippen molar-refractivity contribution >= 4 is 16.3 Å². The molecule has 1 aliphatic heterocycles. The summed E-state index contributed by atoms with van der Waals surface area (Å²) < 4.78 is 26.6. The lowest BCUT2D eigenvalue weighted by Gasteiger charge is -2.16. The van der Waals surface area contributed by atoms with E-state index in [4.69, 9.17) is 0 Å². The second-order valence-corrected chi connectivity index (χ2v) is 7.01. The zero-order chi connectivity index (χ0) is 14.8. The fourth-order valence-corrected chi connectivity index (χ4v) is 3.95. The molecular formula is C15H19NO3S. The van der Waals surface area contributed by atoms with Gasteiger partial charge in [-0.25, -0.2) is 8.42 Å². The summed E-state index contributed by atoms with van der Waals surface area (Å²) in [6, 6.07) is 6.85. The first-order valence-electron chi connectivity index (χ1n) is 6.64. The van der Waals surface area contributed by atoms with Crippen LogP contribution >= 0.6 is 0 Å². The van der Waals surface area contributed by atoms with Crippen molar-refractivity contribution in [2.75, 3.05) is 13.1 Å². The third-order valence-corrected chi connectivity index (χ3v) is 5.54. The third kappa shape index (κ3) is 2.83. The van der Waals surface area contributed by atoms with Gasteiger partial charge in [-0.15, -0.1) is 0 Å². The molecule has 0 aliphatic carbocycles. The van der Waals surface area contributed by atoms with E-state index in [1.807, 2.05) is 19.9 Å². The van der Waals surface area contributed by atoms with Crippen molar-refractivity contribution in [3.05, 3.63) is 41.5 Å². The van der Waals surface area contributed by atoms with Crippen LogP contribution in [0.2, 0.25) is 0 Å². The molecule has 0 spiro atoms. The molecule has 0 amide bonds. The standard InChI is InChI=1S/C15H19NO3S/c1-3-13-10-16(11-14(13)8-9-17)20(18,19)15-6-4-12(2)5-7-15/h3-7,9,14H,8,10-11H2,1-2H3/b13-3+. The lowest BCUT2D eigenvalue weighted by molar-refractivity contribution is -0.108. The number of aldehydes is 1. The molecule has 1 fully saturated rings. The number of sulfonamides is 1. The van der Waals surface area contributed by atoms with Crippen LogP contribution in [0.3, 0.4) is 0 Å². The number of hydrogen-bond donors (Lipinski definition) is 0. The summed E-state index contributed by atoms with van der Waals surface area (Å²) in [6.07, 6.45) is 3.15. The Kier molecular flexibility index (Phi) is 4.40. The molecule has 1 atom stereocenters. The van der Waals surface area contributed by atoms with E-state index in [2.05, 4.69) is 0 Å². The van der Waals surface area contributed by atoms with Crippen LogP contribution in [0.1, 0.15) is 18.9 Å². The summed E-state index contributed by atoms with van der Waals surface area (Å²) in [4.78, 5) is 11.0. The lowest BCUT2D eigenvalue weighted by Crippen LogP contribution is -2.29. The van der Waals surface area contributed by atoms with Crippen molar-refractivity contribution in [1.29, 1.82) is 0 Å². The van der Waals surface area contributed by atoms with Gasteiger partial charge in [-0.05, 0) is 26.0 Å². The smallest absolute Gasteiger partial charge is 0.243 e. The quantitative estimate of drug-likeness (QED) is 0.631. The first-order chi connectivity index (χ1) is 9.48. The minimum atomic E-state index is -3.47. The fraction of sp³-hybridized carbons (Fsp3) is 0.400. The van der Waals surface area contributed by atoms with Crippen molar-refractivity contribution < 1.29 is 13.2 Å². The van der Waals surface area contributed by atoms with Crippen LogP contribution < -0.4 is 0 Å². The van der Waals surface area contributed by atoms with Crippen LogP contribution in [0.5, 0.6) is 0 Å². The highest BCUT2D eigenvalue weighted by Crippen LogP contribution is 2.29. The first-order valence-corrected chi connectivity index (χ1v) is 8.08. The summed E-state index contributed by atoms with van der Waals surface area (Å²) in [7, 11) is -3.47. The maximum Gasteiger partial charge on any atom is 0.243 e. The Morgan fingerprint density at radius 3 is 2.50 bits per heavy atom. The molecule has 1 aromatic rings. The Bertz CT molecular complexity index is 617. The van der Waals surface area contributed by atoms with E-state index in [0.717, 1.165) is 17.4 Å².